The van der Waals surface area contributed by atoms with Crippen LogP contribution in [0, 0.1) is 5.92 Å². The molecule has 0 aliphatic heterocycles. The first-order chi connectivity index (χ1) is 8.16. The molecule has 1 aromatic rings. The first kappa shape index (κ1) is 12.2. The molecule has 17 heavy (non-hydrogen) atoms. The summed E-state index contributed by atoms with van der Waals surface area (Å²) in [5, 5.41) is 6.14. The summed E-state index contributed by atoms with van der Waals surface area (Å²) in [6.07, 6.45) is 2.09. The fourth-order valence-electron chi connectivity index (χ4n) is 1.55. The van der Waals surface area contributed by atoms with E-state index in [0.717, 1.165) is 28.7 Å². The van der Waals surface area contributed by atoms with Crippen molar-refractivity contribution in [2.75, 3.05) is 24.1 Å². The molecule has 0 heterocycles. The number of nitrogens with two attached hydrogens (primary N) is 1. The van der Waals surface area contributed by atoms with Crippen LogP contribution in [0.5, 0.6) is 0 Å². The quantitative estimate of drug-likeness (QED) is 0.575. The van der Waals surface area contributed by atoms with Crippen LogP contribution in [0.3, 0.4) is 0 Å². The van der Waals surface area contributed by atoms with Crippen molar-refractivity contribution in [3.8, 4) is 0 Å². The largest absolute Gasteiger partial charge is 0.399 e. The van der Waals surface area contributed by atoms with Gasteiger partial charge in [-0.15, -0.1) is 0 Å². The fraction of sp³-hybridized carbons (Fsp3) is 0.417. The van der Waals surface area contributed by atoms with Gasteiger partial charge in [-0.25, -0.2) is 0 Å². The maximum Gasteiger partial charge on any atom is 0.223 e. The van der Waals surface area contributed by atoms with E-state index in [0.29, 0.717) is 13.1 Å². The predicted octanol–water partition coefficient (Wildman–Crippen LogP) is 1.97. The number of rotatable bonds is 5. The molecule has 92 valence electrons. The minimum Gasteiger partial charge on any atom is -0.399 e. The van der Waals surface area contributed by atoms with Gasteiger partial charge in [0.25, 0.3) is 0 Å². The summed E-state index contributed by atoms with van der Waals surface area (Å²) in [6.45, 7) is 1.35. The lowest BCUT2D eigenvalue weighted by atomic mass is 10.3. The zero-order chi connectivity index (χ0) is 12.3. The van der Waals surface area contributed by atoms with Crippen LogP contribution in [-0.2, 0) is 4.79 Å². The lowest BCUT2D eigenvalue weighted by Gasteiger charge is -2.09. The van der Waals surface area contributed by atoms with E-state index in [-0.39, 0.29) is 11.8 Å². The number of nitrogens with one attached hydrogen (secondary N) is 2. The van der Waals surface area contributed by atoms with E-state index in [1.807, 2.05) is 18.2 Å². The second kappa shape index (κ2) is 5.40. The summed E-state index contributed by atoms with van der Waals surface area (Å²) in [6, 6.07) is 5.61. The van der Waals surface area contributed by atoms with Gasteiger partial charge in [0, 0.05) is 34.9 Å². The fourth-order valence-corrected chi connectivity index (χ4v) is 2.08. The lowest BCUT2D eigenvalue weighted by molar-refractivity contribution is -0.122. The standard InChI is InChI=1S/C12H16BrN3O/c13-10-7-9(14)3-4-11(10)15-5-6-16-12(17)8-1-2-8/h3-4,7-8,15H,1-2,5-6,14H2,(H,16,17). The Hall–Kier alpha value is -1.23. The van der Waals surface area contributed by atoms with Gasteiger partial charge in [0.1, 0.15) is 0 Å². The van der Waals surface area contributed by atoms with Crippen LogP contribution in [0.25, 0.3) is 0 Å². The molecule has 4 nitrogen and oxygen atoms in total. The first-order valence-electron chi connectivity index (χ1n) is 5.73. The van der Waals surface area contributed by atoms with Gasteiger partial charge in [-0.05, 0) is 47.0 Å². The highest BCUT2D eigenvalue weighted by atomic mass is 79.9. The Kier molecular flexibility index (Phi) is 3.89. The second-order valence-electron chi connectivity index (χ2n) is 4.23. The predicted molar refractivity (Wildman–Crippen MR) is 72.8 cm³/mol. The normalized spacial score (nSPS) is 14.4. The summed E-state index contributed by atoms with van der Waals surface area (Å²) in [4.78, 5) is 11.4. The summed E-state index contributed by atoms with van der Waals surface area (Å²) in [7, 11) is 0. The third kappa shape index (κ3) is 3.63. The topological polar surface area (TPSA) is 67.2 Å². The number of halogens is 1. The number of hydrogen-bond donors (Lipinski definition) is 3. The van der Waals surface area contributed by atoms with E-state index in [1.165, 1.54) is 0 Å². The smallest absolute Gasteiger partial charge is 0.223 e. The van der Waals surface area contributed by atoms with Gasteiger partial charge in [0.2, 0.25) is 5.91 Å². The van der Waals surface area contributed by atoms with Crippen molar-refractivity contribution in [2.24, 2.45) is 5.92 Å². The Morgan fingerprint density at radius 1 is 1.41 bits per heavy atom. The van der Waals surface area contributed by atoms with Gasteiger partial charge in [-0.3, -0.25) is 4.79 Å². The van der Waals surface area contributed by atoms with E-state index in [1.54, 1.807) is 0 Å². The van der Waals surface area contributed by atoms with Gasteiger partial charge < -0.3 is 16.4 Å². The molecule has 4 N–H and O–H groups in total. The Bertz CT molecular complexity index is 418. The molecule has 1 aromatic carbocycles. The highest BCUT2D eigenvalue weighted by Gasteiger charge is 2.28. The van der Waals surface area contributed by atoms with Crippen molar-refractivity contribution in [3.05, 3.63) is 22.7 Å². The number of carbonyl (C=O) groups excluding carboxylic acids is 1. The summed E-state index contributed by atoms with van der Waals surface area (Å²) in [5.74, 6) is 0.460. The number of nitrogen functional groups attached to an aromatic ring is 1. The van der Waals surface area contributed by atoms with Crippen molar-refractivity contribution in [2.45, 2.75) is 12.8 Å². The zero-order valence-corrected chi connectivity index (χ0v) is 11.1. The van der Waals surface area contributed by atoms with Crippen LogP contribution < -0.4 is 16.4 Å². The van der Waals surface area contributed by atoms with E-state index in [9.17, 15) is 4.79 Å². The molecule has 5 heteroatoms. The van der Waals surface area contributed by atoms with Gasteiger partial charge in [-0.1, -0.05) is 0 Å². The number of benzene rings is 1. The number of carbonyl (C=O) groups is 1. The zero-order valence-electron chi connectivity index (χ0n) is 9.50. The van der Waals surface area contributed by atoms with Crippen molar-refractivity contribution in [1.29, 1.82) is 0 Å². The molecule has 1 saturated carbocycles. The second-order valence-corrected chi connectivity index (χ2v) is 5.09. The average Bonchev–Trinajstić information content (AvgIpc) is 3.10. The van der Waals surface area contributed by atoms with Gasteiger partial charge in [0.05, 0.1) is 0 Å². The van der Waals surface area contributed by atoms with Crippen molar-refractivity contribution in [1.82, 2.24) is 5.32 Å². The third-order valence-corrected chi connectivity index (χ3v) is 3.34. The molecular weight excluding hydrogens is 282 g/mol. The van der Waals surface area contributed by atoms with Crippen LogP contribution in [0.15, 0.2) is 22.7 Å². The summed E-state index contributed by atoms with van der Waals surface area (Å²) < 4.78 is 0.936. The molecule has 1 fully saturated rings. The maximum atomic E-state index is 11.4. The first-order valence-corrected chi connectivity index (χ1v) is 6.53. The SMILES string of the molecule is Nc1ccc(NCCNC(=O)C2CC2)c(Br)c1. The van der Waals surface area contributed by atoms with Crippen molar-refractivity contribution < 1.29 is 4.79 Å². The monoisotopic (exact) mass is 297 g/mol. The van der Waals surface area contributed by atoms with E-state index in [4.69, 9.17) is 5.73 Å². The number of anilines is 2. The highest BCUT2D eigenvalue weighted by molar-refractivity contribution is 9.10. The van der Waals surface area contributed by atoms with Gasteiger partial charge >= 0.3 is 0 Å². The Labute approximate surface area is 109 Å². The van der Waals surface area contributed by atoms with E-state index >= 15 is 0 Å². The van der Waals surface area contributed by atoms with Crippen molar-refractivity contribution in [3.63, 3.8) is 0 Å². The molecule has 0 radical (unpaired) electrons. The van der Waals surface area contributed by atoms with Crippen LogP contribution >= 0.6 is 15.9 Å². The molecule has 2 rings (SSSR count). The van der Waals surface area contributed by atoms with Gasteiger partial charge in [0.15, 0.2) is 0 Å². The van der Waals surface area contributed by atoms with Crippen LogP contribution in [0.2, 0.25) is 0 Å². The van der Waals surface area contributed by atoms with Gasteiger partial charge in [-0.2, -0.15) is 0 Å². The number of amides is 1. The maximum absolute atomic E-state index is 11.4. The van der Waals surface area contributed by atoms with Crippen LogP contribution in [-0.4, -0.2) is 19.0 Å². The Balaban J connectivity index is 1.72. The minimum atomic E-state index is 0.183. The molecule has 1 amide bonds. The van der Waals surface area contributed by atoms with E-state index < -0.39 is 0 Å². The highest BCUT2D eigenvalue weighted by Crippen LogP contribution is 2.28. The molecule has 0 atom stereocenters. The van der Waals surface area contributed by atoms with E-state index in [2.05, 4.69) is 26.6 Å². The third-order valence-electron chi connectivity index (χ3n) is 2.68. The van der Waals surface area contributed by atoms with Crippen LogP contribution in [0.1, 0.15) is 12.8 Å². The van der Waals surface area contributed by atoms with Crippen LogP contribution in [0.4, 0.5) is 11.4 Å². The molecule has 0 bridgehead atoms. The molecular formula is C12H16BrN3O. The molecule has 1 aliphatic carbocycles. The molecule has 0 unspecified atom stereocenters. The molecule has 1 aliphatic rings. The summed E-state index contributed by atoms with van der Waals surface area (Å²) in [5.41, 5.74) is 7.36. The van der Waals surface area contributed by atoms with Crippen molar-refractivity contribution >= 4 is 33.2 Å². The molecule has 0 aromatic heterocycles. The molecule has 0 spiro atoms. The average molecular weight is 298 g/mol. The number of hydrogen-bond acceptors (Lipinski definition) is 3. The Morgan fingerprint density at radius 2 is 2.18 bits per heavy atom. The Morgan fingerprint density at radius 3 is 2.82 bits per heavy atom. The molecule has 0 saturated heterocycles. The lowest BCUT2D eigenvalue weighted by Crippen LogP contribution is -2.29. The minimum absolute atomic E-state index is 0.183. The summed E-state index contributed by atoms with van der Waals surface area (Å²) >= 11 is 3.43.